The largest absolute Gasteiger partial charge is 0.507 e. The zero-order chi connectivity index (χ0) is 13.8. The molecule has 0 unspecified atom stereocenters. The molecule has 0 atom stereocenters. The van der Waals surface area contributed by atoms with Crippen LogP contribution in [0.5, 0.6) is 5.75 Å². The molecule has 0 aromatic heterocycles. The van der Waals surface area contributed by atoms with E-state index in [-0.39, 0.29) is 0 Å². The van der Waals surface area contributed by atoms with Gasteiger partial charge in [-0.15, -0.1) is 0 Å². The van der Waals surface area contributed by atoms with Crippen molar-refractivity contribution < 1.29 is 5.11 Å². The summed E-state index contributed by atoms with van der Waals surface area (Å²) in [7, 11) is 0. The number of benzene rings is 2. The van der Waals surface area contributed by atoms with Gasteiger partial charge in [0.2, 0.25) is 0 Å². The molecule has 2 heteroatoms. The number of rotatable bonds is 3. The van der Waals surface area contributed by atoms with Gasteiger partial charge in [-0.25, -0.2) is 0 Å². The van der Waals surface area contributed by atoms with Crippen molar-refractivity contribution in [1.29, 1.82) is 0 Å². The highest BCUT2D eigenvalue weighted by atomic mass is 16.3. The lowest BCUT2D eigenvalue weighted by Crippen LogP contribution is -1.99. The average molecular weight is 253 g/mol. The van der Waals surface area contributed by atoms with Crippen molar-refractivity contribution >= 4 is 11.4 Å². The normalized spacial score (nSPS) is 11.6. The predicted molar refractivity (Wildman–Crippen MR) is 80.5 cm³/mol. The first-order valence-corrected chi connectivity index (χ1v) is 6.54. The van der Waals surface area contributed by atoms with Crippen LogP contribution in [0.15, 0.2) is 47.5 Å². The fraction of sp³-hybridized carbons (Fsp3) is 0.235. The summed E-state index contributed by atoms with van der Waals surface area (Å²) in [6.45, 7) is 6.07. The number of phenols is 1. The Labute approximate surface area is 114 Å². The monoisotopic (exact) mass is 253 g/mol. The Bertz CT molecular complexity index is 597. The van der Waals surface area contributed by atoms with E-state index in [1.165, 1.54) is 5.56 Å². The highest BCUT2D eigenvalue weighted by molar-refractivity contribution is 6.04. The number of aryl methyl sites for hydroxylation is 2. The lowest BCUT2D eigenvalue weighted by molar-refractivity contribution is 0.473. The average Bonchev–Trinajstić information content (AvgIpc) is 2.39. The van der Waals surface area contributed by atoms with Crippen molar-refractivity contribution in [2.75, 3.05) is 0 Å². The van der Waals surface area contributed by atoms with E-state index in [0.29, 0.717) is 5.75 Å². The van der Waals surface area contributed by atoms with Crippen LogP contribution in [0.2, 0.25) is 0 Å². The van der Waals surface area contributed by atoms with Gasteiger partial charge in [0, 0.05) is 5.56 Å². The van der Waals surface area contributed by atoms with Crippen LogP contribution in [0.3, 0.4) is 0 Å². The van der Waals surface area contributed by atoms with Gasteiger partial charge in [-0.2, -0.15) is 0 Å². The molecule has 0 aliphatic carbocycles. The van der Waals surface area contributed by atoms with E-state index < -0.39 is 0 Å². The highest BCUT2D eigenvalue weighted by Crippen LogP contribution is 2.23. The molecule has 2 rings (SSSR count). The summed E-state index contributed by atoms with van der Waals surface area (Å²) in [5.41, 5.74) is 4.90. The van der Waals surface area contributed by atoms with Crippen LogP contribution in [0, 0.1) is 13.8 Å². The molecule has 0 fully saturated rings. The quantitative estimate of drug-likeness (QED) is 0.800. The van der Waals surface area contributed by atoms with Gasteiger partial charge < -0.3 is 5.11 Å². The summed E-state index contributed by atoms with van der Waals surface area (Å²) < 4.78 is 0. The summed E-state index contributed by atoms with van der Waals surface area (Å²) in [6.07, 6.45) is 0.782. The summed E-state index contributed by atoms with van der Waals surface area (Å²) in [5.74, 6) is 0.299. The lowest BCUT2D eigenvalue weighted by Gasteiger charge is -2.08. The van der Waals surface area contributed by atoms with Gasteiger partial charge in [-0.05, 0) is 50.1 Å². The zero-order valence-electron chi connectivity index (χ0n) is 11.6. The van der Waals surface area contributed by atoms with E-state index >= 15 is 0 Å². The molecule has 0 saturated heterocycles. The second kappa shape index (κ2) is 5.70. The molecule has 1 N–H and O–H groups in total. The summed E-state index contributed by atoms with van der Waals surface area (Å²) in [5, 5.41) is 10.0. The zero-order valence-corrected chi connectivity index (χ0v) is 11.6. The summed E-state index contributed by atoms with van der Waals surface area (Å²) >= 11 is 0. The second-order valence-corrected chi connectivity index (χ2v) is 4.77. The van der Waals surface area contributed by atoms with E-state index in [0.717, 1.165) is 28.9 Å². The summed E-state index contributed by atoms with van der Waals surface area (Å²) in [6, 6.07) is 13.8. The topological polar surface area (TPSA) is 32.6 Å². The number of nitrogens with zero attached hydrogens (tertiary/aromatic N) is 1. The van der Waals surface area contributed by atoms with Crippen molar-refractivity contribution in [1.82, 2.24) is 0 Å². The van der Waals surface area contributed by atoms with E-state index in [9.17, 15) is 5.11 Å². The van der Waals surface area contributed by atoms with E-state index in [2.05, 4.69) is 11.9 Å². The number of hydrogen-bond donors (Lipinski definition) is 1. The number of phenolic OH excluding ortho intramolecular Hbond substituents is 1. The minimum atomic E-state index is 0.299. The number of hydrogen-bond acceptors (Lipinski definition) is 2. The Morgan fingerprint density at radius 3 is 2.21 bits per heavy atom. The third kappa shape index (κ3) is 3.22. The smallest absolute Gasteiger partial charge is 0.124 e. The molecule has 2 nitrogen and oxygen atoms in total. The maximum absolute atomic E-state index is 10.0. The standard InChI is InChI=1S/C17H19NO/c1-4-16(15-10-7-13(3)11-17(15)19)18-14-8-5-12(2)6-9-14/h5-11,19H,4H2,1-3H3. The third-order valence-corrected chi connectivity index (χ3v) is 3.10. The number of aliphatic imine (C=N–C) groups is 1. The molecular weight excluding hydrogens is 234 g/mol. The van der Waals surface area contributed by atoms with Crippen LogP contribution in [0.4, 0.5) is 5.69 Å². The molecule has 2 aromatic rings. The minimum absolute atomic E-state index is 0.299. The van der Waals surface area contributed by atoms with Crippen LogP contribution in [-0.4, -0.2) is 10.8 Å². The Balaban J connectivity index is 2.41. The Kier molecular flexibility index (Phi) is 4.00. The maximum Gasteiger partial charge on any atom is 0.124 e. The van der Waals surface area contributed by atoms with Gasteiger partial charge in [0.1, 0.15) is 5.75 Å². The molecule has 19 heavy (non-hydrogen) atoms. The van der Waals surface area contributed by atoms with Crippen LogP contribution in [0.1, 0.15) is 30.0 Å². The second-order valence-electron chi connectivity index (χ2n) is 4.77. The lowest BCUT2D eigenvalue weighted by atomic mass is 10.0. The van der Waals surface area contributed by atoms with Gasteiger partial charge in [0.25, 0.3) is 0 Å². The molecule has 0 saturated carbocycles. The van der Waals surface area contributed by atoms with Gasteiger partial charge in [0.05, 0.1) is 11.4 Å². The first kappa shape index (κ1) is 13.3. The van der Waals surface area contributed by atoms with E-state index in [1.807, 2.05) is 50.2 Å². The summed E-state index contributed by atoms with van der Waals surface area (Å²) in [4.78, 5) is 4.64. The Morgan fingerprint density at radius 1 is 1.00 bits per heavy atom. The molecule has 0 heterocycles. The first-order chi connectivity index (χ1) is 9.10. The van der Waals surface area contributed by atoms with Crippen LogP contribution < -0.4 is 0 Å². The molecule has 2 aromatic carbocycles. The van der Waals surface area contributed by atoms with Crippen molar-refractivity contribution in [3.63, 3.8) is 0 Å². The van der Waals surface area contributed by atoms with Crippen molar-refractivity contribution in [3.05, 3.63) is 59.2 Å². The number of aromatic hydroxyl groups is 1. The minimum Gasteiger partial charge on any atom is -0.507 e. The van der Waals surface area contributed by atoms with Gasteiger partial charge in [-0.3, -0.25) is 4.99 Å². The van der Waals surface area contributed by atoms with E-state index in [4.69, 9.17) is 0 Å². The molecular formula is C17H19NO. The van der Waals surface area contributed by atoms with Crippen molar-refractivity contribution in [2.45, 2.75) is 27.2 Å². The molecule has 0 bridgehead atoms. The van der Waals surface area contributed by atoms with Crippen LogP contribution in [-0.2, 0) is 0 Å². The van der Waals surface area contributed by atoms with Gasteiger partial charge in [0.15, 0.2) is 0 Å². The maximum atomic E-state index is 10.0. The molecule has 0 aliphatic rings. The Hall–Kier alpha value is -2.09. The fourth-order valence-corrected chi connectivity index (χ4v) is 1.99. The SMILES string of the molecule is CCC(=Nc1ccc(C)cc1)c1ccc(C)cc1O. The first-order valence-electron chi connectivity index (χ1n) is 6.54. The molecule has 98 valence electrons. The molecule has 0 spiro atoms. The molecule has 0 amide bonds. The Morgan fingerprint density at radius 2 is 1.63 bits per heavy atom. The van der Waals surface area contributed by atoms with Crippen LogP contribution in [0.25, 0.3) is 0 Å². The van der Waals surface area contributed by atoms with E-state index in [1.54, 1.807) is 6.07 Å². The van der Waals surface area contributed by atoms with Crippen LogP contribution >= 0.6 is 0 Å². The third-order valence-electron chi connectivity index (χ3n) is 3.10. The fourth-order valence-electron chi connectivity index (χ4n) is 1.99. The highest BCUT2D eigenvalue weighted by Gasteiger charge is 2.07. The van der Waals surface area contributed by atoms with Crippen molar-refractivity contribution in [3.8, 4) is 5.75 Å². The predicted octanol–water partition coefficient (Wildman–Crippen LogP) is 4.54. The van der Waals surface area contributed by atoms with Gasteiger partial charge in [-0.1, -0.05) is 30.7 Å². The van der Waals surface area contributed by atoms with Crippen molar-refractivity contribution in [2.24, 2.45) is 4.99 Å². The van der Waals surface area contributed by atoms with Gasteiger partial charge >= 0.3 is 0 Å². The molecule has 0 aliphatic heterocycles. The molecule has 0 radical (unpaired) electrons.